The lowest BCUT2D eigenvalue weighted by Crippen LogP contribution is -2.34. The summed E-state index contributed by atoms with van der Waals surface area (Å²) in [5.41, 5.74) is 2.46. The van der Waals surface area contributed by atoms with Gasteiger partial charge >= 0.3 is 0 Å². The summed E-state index contributed by atoms with van der Waals surface area (Å²) in [7, 11) is 1.95. The molecule has 1 aromatic carbocycles. The predicted octanol–water partition coefficient (Wildman–Crippen LogP) is 2.88. The van der Waals surface area contributed by atoms with Crippen LogP contribution in [-0.4, -0.2) is 21.6 Å². The van der Waals surface area contributed by atoms with Gasteiger partial charge in [-0.1, -0.05) is 0 Å². The number of nitrogens with zero attached hydrogens (tertiary/aromatic N) is 2. The maximum atomic E-state index is 11.7. The molecule has 0 aliphatic carbocycles. The van der Waals surface area contributed by atoms with Crippen LogP contribution < -0.4 is 10.1 Å². The Balaban J connectivity index is 2.07. The summed E-state index contributed by atoms with van der Waals surface area (Å²) in [6.45, 7) is 3.67. The molecule has 1 aliphatic heterocycles. The van der Waals surface area contributed by atoms with E-state index in [1.807, 2.05) is 36.7 Å². The Morgan fingerprint density at radius 1 is 1.45 bits per heavy atom. The summed E-state index contributed by atoms with van der Waals surface area (Å²) in [6.07, 6.45) is -0.461. The molecule has 2 aromatic rings. The van der Waals surface area contributed by atoms with Gasteiger partial charge < -0.3 is 14.6 Å². The Morgan fingerprint density at radius 2 is 2.20 bits per heavy atom. The second-order valence-corrected chi connectivity index (χ2v) is 5.57. The number of halogens is 1. The van der Waals surface area contributed by atoms with E-state index in [0.29, 0.717) is 11.4 Å². The lowest BCUT2D eigenvalue weighted by molar-refractivity contribution is -0.122. The summed E-state index contributed by atoms with van der Waals surface area (Å²) in [6, 6.07) is 5.68. The van der Waals surface area contributed by atoms with E-state index in [-0.39, 0.29) is 5.91 Å². The van der Waals surface area contributed by atoms with Crippen molar-refractivity contribution in [3.05, 3.63) is 28.6 Å². The Labute approximate surface area is 125 Å². The average molecular weight is 336 g/mol. The van der Waals surface area contributed by atoms with Crippen molar-refractivity contribution >= 4 is 27.5 Å². The molecule has 1 aliphatic rings. The van der Waals surface area contributed by atoms with Crippen molar-refractivity contribution < 1.29 is 9.53 Å². The SMILES string of the molecule is Cc1nc(-c2ccc3c(c2)NC(=O)C(C)O3)c(Br)n1C. The first kappa shape index (κ1) is 13.2. The molecule has 104 valence electrons. The van der Waals surface area contributed by atoms with Crippen LogP contribution in [0.1, 0.15) is 12.7 Å². The molecule has 1 unspecified atom stereocenters. The molecular formula is C14H14BrN3O2. The van der Waals surface area contributed by atoms with Gasteiger partial charge in [-0.15, -0.1) is 0 Å². The standard InChI is InChI=1S/C14H14BrN3O2/c1-7-14(19)17-10-6-9(4-5-11(10)20-7)12-13(15)18(3)8(2)16-12/h4-7H,1-3H3,(H,17,19). The lowest BCUT2D eigenvalue weighted by atomic mass is 10.1. The molecule has 0 saturated heterocycles. The second-order valence-electron chi connectivity index (χ2n) is 4.82. The van der Waals surface area contributed by atoms with Crippen molar-refractivity contribution in [2.75, 3.05) is 5.32 Å². The van der Waals surface area contributed by atoms with Gasteiger partial charge in [0.15, 0.2) is 6.10 Å². The number of amides is 1. The van der Waals surface area contributed by atoms with Crippen LogP contribution in [0.15, 0.2) is 22.8 Å². The molecule has 1 atom stereocenters. The van der Waals surface area contributed by atoms with Gasteiger partial charge in [-0.3, -0.25) is 4.79 Å². The van der Waals surface area contributed by atoms with E-state index in [9.17, 15) is 4.79 Å². The van der Waals surface area contributed by atoms with Crippen molar-refractivity contribution in [1.29, 1.82) is 0 Å². The second kappa shape index (κ2) is 4.63. The highest BCUT2D eigenvalue weighted by Gasteiger charge is 2.24. The largest absolute Gasteiger partial charge is 0.479 e. The third kappa shape index (κ3) is 2.00. The number of hydrogen-bond acceptors (Lipinski definition) is 3. The van der Waals surface area contributed by atoms with E-state index < -0.39 is 6.10 Å². The zero-order chi connectivity index (χ0) is 14.4. The van der Waals surface area contributed by atoms with Crippen LogP contribution in [0, 0.1) is 6.92 Å². The van der Waals surface area contributed by atoms with E-state index in [2.05, 4.69) is 26.2 Å². The summed E-state index contributed by atoms with van der Waals surface area (Å²) < 4.78 is 8.42. The average Bonchev–Trinajstić information content (AvgIpc) is 2.67. The monoisotopic (exact) mass is 335 g/mol. The third-order valence-corrected chi connectivity index (χ3v) is 4.34. The minimum atomic E-state index is -0.461. The number of aryl methyl sites for hydroxylation is 1. The molecule has 3 rings (SSSR count). The number of aromatic nitrogens is 2. The van der Waals surface area contributed by atoms with Gasteiger partial charge in [0.05, 0.1) is 5.69 Å². The molecule has 20 heavy (non-hydrogen) atoms. The van der Waals surface area contributed by atoms with Crippen LogP contribution in [0.5, 0.6) is 5.75 Å². The quantitative estimate of drug-likeness (QED) is 0.871. The predicted molar refractivity (Wildman–Crippen MR) is 79.8 cm³/mol. The minimum Gasteiger partial charge on any atom is -0.479 e. The van der Waals surface area contributed by atoms with E-state index in [0.717, 1.165) is 21.7 Å². The Bertz CT molecular complexity index is 709. The van der Waals surface area contributed by atoms with Gasteiger partial charge in [0.25, 0.3) is 5.91 Å². The molecule has 1 aromatic heterocycles. The molecular weight excluding hydrogens is 322 g/mol. The highest BCUT2D eigenvalue weighted by molar-refractivity contribution is 9.10. The summed E-state index contributed by atoms with van der Waals surface area (Å²) >= 11 is 3.54. The number of imidazole rings is 1. The van der Waals surface area contributed by atoms with Crippen molar-refractivity contribution in [2.45, 2.75) is 20.0 Å². The van der Waals surface area contributed by atoms with E-state index in [1.165, 1.54) is 0 Å². The van der Waals surface area contributed by atoms with Crippen molar-refractivity contribution in [2.24, 2.45) is 7.05 Å². The smallest absolute Gasteiger partial charge is 0.265 e. The molecule has 2 heterocycles. The van der Waals surface area contributed by atoms with E-state index in [4.69, 9.17) is 4.74 Å². The van der Waals surface area contributed by atoms with Crippen molar-refractivity contribution in [3.63, 3.8) is 0 Å². The van der Waals surface area contributed by atoms with E-state index in [1.54, 1.807) is 6.92 Å². The number of carbonyl (C=O) groups is 1. The number of rotatable bonds is 1. The summed E-state index contributed by atoms with van der Waals surface area (Å²) in [5.74, 6) is 1.47. The topological polar surface area (TPSA) is 56.1 Å². The molecule has 1 amide bonds. The highest BCUT2D eigenvalue weighted by Crippen LogP contribution is 2.36. The molecule has 0 bridgehead atoms. The van der Waals surface area contributed by atoms with Crippen LogP contribution in [0.25, 0.3) is 11.3 Å². The number of benzene rings is 1. The van der Waals surface area contributed by atoms with E-state index >= 15 is 0 Å². The van der Waals surface area contributed by atoms with Crippen LogP contribution in [-0.2, 0) is 11.8 Å². The van der Waals surface area contributed by atoms with Gasteiger partial charge in [-0.2, -0.15) is 0 Å². The maximum absolute atomic E-state index is 11.7. The Hall–Kier alpha value is -1.82. The van der Waals surface area contributed by atoms with Crippen LogP contribution in [0.2, 0.25) is 0 Å². The molecule has 1 N–H and O–H groups in total. The Kier molecular flexibility index (Phi) is 3.05. The van der Waals surface area contributed by atoms with Gasteiger partial charge in [-0.05, 0) is 48.0 Å². The number of fused-ring (bicyclic) bond motifs is 1. The normalized spacial score (nSPS) is 17.4. The fraction of sp³-hybridized carbons (Fsp3) is 0.286. The van der Waals surface area contributed by atoms with Gasteiger partial charge in [0.2, 0.25) is 0 Å². The number of hydrogen-bond donors (Lipinski definition) is 1. The zero-order valence-corrected chi connectivity index (χ0v) is 13.0. The highest BCUT2D eigenvalue weighted by atomic mass is 79.9. The van der Waals surface area contributed by atoms with Crippen LogP contribution in [0.3, 0.4) is 0 Å². The molecule has 6 heteroatoms. The zero-order valence-electron chi connectivity index (χ0n) is 11.4. The fourth-order valence-electron chi connectivity index (χ4n) is 2.12. The van der Waals surface area contributed by atoms with Crippen LogP contribution in [0.4, 0.5) is 5.69 Å². The van der Waals surface area contributed by atoms with Crippen molar-refractivity contribution in [1.82, 2.24) is 9.55 Å². The maximum Gasteiger partial charge on any atom is 0.265 e. The number of carbonyl (C=O) groups excluding carboxylic acids is 1. The molecule has 0 saturated carbocycles. The molecule has 0 spiro atoms. The lowest BCUT2D eigenvalue weighted by Gasteiger charge is -2.23. The first-order valence-corrected chi connectivity index (χ1v) is 7.07. The molecule has 5 nitrogen and oxygen atoms in total. The van der Waals surface area contributed by atoms with Gasteiger partial charge in [0, 0.05) is 12.6 Å². The Morgan fingerprint density at radius 3 is 2.85 bits per heavy atom. The fourth-order valence-corrected chi connectivity index (χ4v) is 2.70. The third-order valence-electron chi connectivity index (χ3n) is 3.43. The van der Waals surface area contributed by atoms with Crippen LogP contribution >= 0.6 is 15.9 Å². The number of ether oxygens (including phenoxy) is 1. The first-order chi connectivity index (χ1) is 9.47. The first-order valence-electron chi connectivity index (χ1n) is 6.28. The van der Waals surface area contributed by atoms with Crippen molar-refractivity contribution in [3.8, 4) is 17.0 Å². The molecule has 0 fully saturated rings. The van der Waals surface area contributed by atoms with Gasteiger partial charge in [0.1, 0.15) is 21.9 Å². The summed E-state index contributed by atoms with van der Waals surface area (Å²) in [5, 5.41) is 2.85. The minimum absolute atomic E-state index is 0.133. The van der Waals surface area contributed by atoms with Gasteiger partial charge in [-0.25, -0.2) is 4.98 Å². The number of nitrogens with one attached hydrogen (secondary N) is 1. The summed E-state index contributed by atoms with van der Waals surface area (Å²) in [4.78, 5) is 16.2. The number of anilines is 1. The molecule has 0 radical (unpaired) electrons.